The Balaban J connectivity index is 2.81. The van der Waals surface area contributed by atoms with Gasteiger partial charge in [-0.2, -0.15) is 0 Å². The van der Waals surface area contributed by atoms with Crippen molar-refractivity contribution in [3.8, 4) is 0 Å². The molecule has 16 heavy (non-hydrogen) atoms. The summed E-state index contributed by atoms with van der Waals surface area (Å²) in [6.45, 7) is 8.83. The van der Waals surface area contributed by atoms with E-state index in [-0.39, 0.29) is 6.61 Å². The molecule has 0 saturated heterocycles. The molecule has 0 spiro atoms. The summed E-state index contributed by atoms with van der Waals surface area (Å²) in [5.74, 6) is 0. The Morgan fingerprint density at radius 1 is 1.38 bits per heavy atom. The molecule has 1 aromatic rings. The SMILES string of the molecule is CCN(CC)C(C)c1ccnc(CCO)c1. The molecule has 1 rings (SSSR count). The van der Waals surface area contributed by atoms with Gasteiger partial charge in [-0.25, -0.2) is 0 Å². The highest BCUT2D eigenvalue weighted by molar-refractivity contribution is 5.20. The molecule has 1 N–H and O–H groups in total. The molecule has 1 heterocycles. The molecule has 0 amide bonds. The zero-order chi connectivity index (χ0) is 12.0. The first-order chi connectivity index (χ1) is 7.72. The molecular formula is C13H22N2O. The van der Waals surface area contributed by atoms with E-state index in [9.17, 15) is 0 Å². The molecule has 0 radical (unpaired) electrons. The summed E-state index contributed by atoms with van der Waals surface area (Å²) < 4.78 is 0. The summed E-state index contributed by atoms with van der Waals surface area (Å²) in [5.41, 5.74) is 2.25. The van der Waals surface area contributed by atoms with Crippen LogP contribution in [-0.2, 0) is 6.42 Å². The van der Waals surface area contributed by atoms with Crippen LogP contribution in [0.3, 0.4) is 0 Å². The van der Waals surface area contributed by atoms with Crippen molar-refractivity contribution >= 4 is 0 Å². The van der Waals surface area contributed by atoms with Crippen molar-refractivity contribution in [3.05, 3.63) is 29.6 Å². The zero-order valence-electron chi connectivity index (χ0n) is 10.5. The van der Waals surface area contributed by atoms with Crippen molar-refractivity contribution < 1.29 is 5.11 Å². The average Bonchev–Trinajstić information content (AvgIpc) is 2.31. The molecule has 90 valence electrons. The van der Waals surface area contributed by atoms with Gasteiger partial charge in [-0.3, -0.25) is 9.88 Å². The molecule has 0 saturated carbocycles. The summed E-state index contributed by atoms with van der Waals surface area (Å²) in [4.78, 5) is 6.64. The Hall–Kier alpha value is -0.930. The van der Waals surface area contributed by atoms with E-state index in [1.807, 2.05) is 6.20 Å². The first-order valence-electron chi connectivity index (χ1n) is 6.02. The fraction of sp³-hybridized carbons (Fsp3) is 0.615. The molecule has 0 aliphatic rings. The third kappa shape index (κ3) is 3.29. The van der Waals surface area contributed by atoms with Crippen LogP contribution in [0.1, 0.15) is 38.1 Å². The number of aliphatic hydroxyl groups is 1. The summed E-state index contributed by atoms with van der Waals surface area (Å²) in [7, 11) is 0. The maximum Gasteiger partial charge on any atom is 0.0486 e. The highest BCUT2D eigenvalue weighted by atomic mass is 16.3. The molecule has 1 aromatic heterocycles. The third-order valence-electron chi connectivity index (χ3n) is 3.05. The van der Waals surface area contributed by atoms with Gasteiger partial charge in [0.2, 0.25) is 0 Å². The van der Waals surface area contributed by atoms with Crippen molar-refractivity contribution in [2.75, 3.05) is 19.7 Å². The van der Waals surface area contributed by atoms with E-state index < -0.39 is 0 Å². The summed E-state index contributed by atoms with van der Waals surface area (Å²) in [6.07, 6.45) is 2.47. The van der Waals surface area contributed by atoms with Gasteiger partial charge in [0, 0.05) is 31.0 Å². The van der Waals surface area contributed by atoms with Gasteiger partial charge in [-0.15, -0.1) is 0 Å². The van der Waals surface area contributed by atoms with Gasteiger partial charge < -0.3 is 5.11 Å². The van der Waals surface area contributed by atoms with Gasteiger partial charge in [0.15, 0.2) is 0 Å². The van der Waals surface area contributed by atoms with Crippen LogP contribution in [0.2, 0.25) is 0 Å². The second kappa shape index (κ2) is 6.61. The molecule has 0 aliphatic carbocycles. The van der Waals surface area contributed by atoms with Gasteiger partial charge >= 0.3 is 0 Å². The average molecular weight is 222 g/mol. The van der Waals surface area contributed by atoms with Crippen LogP contribution in [0, 0.1) is 0 Å². The molecule has 0 aliphatic heterocycles. The predicted molar refractivity (Wildman–Crippen MR) is 66.4 cm³/mol. The molecule has 1 unspecified atom stereocenters. The number of hydrogen-bond acceptors (Lipinski definition) is 3. The molecule has 3 nitrogen and oxygen atoms in total. The molecule has 0 aromatic carbocycles. The van der Waals surface area contributed by atoms with Gasteiger partial charge in [-0.05, 0) is 37.7 Å². The largest absolute Gasteiger partial charge is 0.396 e. The monoisotopic (exact) mass is 222 g/mol. The lowest BCUT2D eigenvalue weighted by atomic mass is 10.1. The Morgan fingerprint density at radius 2 is 2.06 bits per heavy atom. The van der Waals surface area contributed by atoms with Crippen LogP contribution in [0.4, 0.5) is 0 Å². The third-order valence-corrected chi connectivity index (χ3v) is 3.05. The Kier molecular flexibility index (Phi) is 5.43. The summed E-state index contributed by atoms with van der Waals surface area (Å²) in [5, 5.41) is 8.90. The maximum absolute atomic E-state index is 8.90. The van der Waals surface area contributed by atoms with Crippen LogP contribution in [0.5, 0.6) is 0 Å². The minimum atomic E-state index is 0.163. The fourth-order valence-corrected chi connectivity index (χ4v) is 1.99. The number of aromatic nitrogens is 1. The molecular weight excluding hydrogens is 200 g/mol. The van der Waals surface area contributed by atoms with E-state index in [1.165, 1.54) is 5.56 Å². The second-order valence-electron chi connectivity index (χ2n) is 3.95. The van der Waals surface area contributed by atoms with E-state index in [2.05, 4.69) is 42.8 Å². The number of pyridine rings is 1. The van der Waals surface area contributed by atoms with E-state index >= 15 is 0 Å². The quantitative estimate of drug-likeness (QED) is 0.800. The van der Waals surface area contributed by atoms with Crippen molar-refractivity contribution in [3.63, 3.8) is 0 Å². The fourth-order valence-electron chi connectivity index (χ4n) is 1.99. The number of rotatable bonds is 6. The number of aliphatic hydroxyl groups excluding tert-OH is 1. The van der Waals surface area contributed by atoms with E-state index in [0.717, 1.165) is 18.8 Å². The van der Waals surface area contributed by atoms with E-state index in [1.54, 1.807) is 0 Å². The van der Waals surface area contributed by atoms with Crippen molar-refractivity contribution in [2.24, 2.45) is 0 Å². The normalized spacial score (nSPS) is 13.1. The molecule has 0 bridgehead atoms. The van der Waals surface area contributed by atoms with E-state index in [4.69, 9.17) is 5.11 Å². The minimum Gasteiger partial charge on any atom is -0.396 e. The van der Waals surface area contributed by atoms with Crippen LogP contribution in [0.25, 0.3) is 0 Å². The number of hydrogen-bond donors (Lipinski definition) is 1. The second-order valence-corrected chi connectivity index (χ2v) is 3.95. The van der Waals surface area contributed by atoms with Crippen LogP contribution < -0.4 is 0 Å². The molecule has 3 heteroatoms. The van der Waals surface area contributed by atoms with Crippen LogP contribution in [0.15, 0.2) is 18.3 Å². The minimum absolute atomic E-state index is 0.163. The first kappa shape index (κ1) is 13.1. The Labute approximate surface area is 98.1 Å². The van der Waals surface area contributed by atoms with Crippen LogP contribution in [-0.4, -0.2) is 34.7 Å². The smallest absolute Gasteiger partial charge is 0.0486 e. The summed E-state index contributed by atoms with van der Waals surface area (Å²) >= 11 is 0. The summed E-state index contributed by atoms with van der Waals surface area (Å²) in [6, 6.07) is 4.57. The predicted octanol–water partition coefficient (Wildman–Crippen LogP) is 2.02. The van der Waals surface area contributed by atoms with E-state index in [0.29, 0.717) is 12.5 Å². The van der Waals surface area contributed by atoms with Gasteiger partial charge in [0.05, 0.1) is 0 Å². The highest BCUT2D eigenvalue weighted by Gasteiger charge is 2.12. The number of nitrogens with zero attached hydrogens (tertiary/aromatic N) is 2. The van der Waals surface area contributed by atoms with Gasteiger partial charge in [0.25, 0.3) is 0 Å². The zero-order valence-corrected chi connectivity index (χ0v) is 10.5. The Morgan fingerprint density at radius 3 is 2.62 bits per heavy atom. The Bertz CT molecular complexity index is 311. The standard InChI is InChI=1S/C13H22N2O/c1-4-15(5-2)11(3)12-6-8-14-13(10-12)7-9-16/h6,8,10-11,16H,4-5,7,9H2,1-3H3. The van der Waals surface area contributed by atoms with Gasteiger partial charge in [0.1, 0.15) is 0 Å². The lowest BCUT2D eigenvalue weighted by Crippen LogP contribution is -2.26. The van der Waals surface area contributed by atoms with Crippen molar-refractivity contribution in [1.82, 2.24) is 9.88 Å². The highest BCUT2D eigenvalue weighted by Crippen LogP contribution is 2.19. The molecule has 1 atom stereocenters. The maximum atomic E-state index is 8.90. The molecule has 0 fully saturated rings. The van der Waals surface area contributed by atoms with Crippen molar-refractivity contribution in [2.45, 2.75) is 33.2 Å². The topological polar surface area (TPSA) is 36.4 Å². The van der Waals surface area contributed by atoms with Crippen molar-refractivity contribution in [1.29, 1.82) is 0 Å². The first-order valence-corrected chi connectivity index (χ1v) is 6.02. The van der Waals surface area contributed by atoms with Crippen LogP contribution >= 0.6 is 0 Å². The van der Waals surface area contributed by atoms with Gasteiger partial charge in [-0.1, -0.05) is 13.8 Å². The lowest BCUT2D eigenvalue weighted by molar-refractivity contribution is 0.234. The lowest BCUT2D eigenvalue weighted by Gasteiger charge is -2.26.